The van der Waals surface area contributed by atoms with Gasteiger partial charge >= 0.3 is 5.97 Å². The number of carbonyl (C=O) groups excluding carboxylic acids is 1. The molecule has 3 heterocycles. The Morgan fingerprint density at radius 3 is 2.69 bits per heavy atom. The zero-order valence-corrected chi connectivity index (χ0v) is 24.7. The molecule has 222 valence electrons. The molecule has 12 heteroatoms. The van der Waals surface area contributed by atoms with E-state index in [2.05, 4.69) is 32.4 Å². The van der Waals surface area contributed by atoms with Crippen LogP contribution in [0, 0.1) is 0 Å². The number of aromatic amines is 1. The summed E-state index contributed by atoms with van der Waals surface area (Å²) in [6.07, 6.45) is 4.77. The number of rotatable bonds is 11. The summed E-state index contributed by atoms with van der Waals surface area (Å²) in [5.41, 5.74) is 2.09. The van der Waals surface area contributed by atoms with Gasteiger partial charge in [-0.3, -0.25) is 9.59 Å². The first kappa shape index (κ1) is 29.6. The molecular weight excluding hydrogens is 556 g/mol. The zero-order chi connectivity index (χ0) is 29.7. The van der Waals surface area contributed by atoms with Gasteiger partial charge in [-0.05, 0) is 75.6 Å². The highest BCUT2D eigenvalue weighted by atomic mass is 32.2. The van der Waals surface area contributed by atoms with E-state index in [0.29, 0.717) is 29.9 Å². The molecule has 1 fully saturated rings. The monoisotopic (exact) mass is 592 g/mol. The molecule has 42 heavy (non-hydrogen) atoms. The van der Waals surface area contributed by atoms with Crippen molar-refractivity contribution in [3.63, 3.8) is 0 Å². The Morgan fingerprint density at radius 1 is 1.12 bits per heavy atom. The van der Waals surface area contributed by atoms with Gasteiger partial charge in [-0.1, -0.05) is 47.7 Å². The predicted octanol–water partition coefficient (Wildman–Crippen LogP) is 3.80. The third-order valence-corrected chi connectivity index (χ3v) is 9.52. The third-order valence-electron chi connectivity index (χ3n) is 7.62. The molecule has 5 rings (SSSR count). The van der Waals surface area contributed by atoms with E-state index in [9.17, 15) is 18.0 Å². The molecule has 0 aliphatic carbocycles. The summed E-state index contributed by atoms with van der Waals surface area (Å²) in [5.74, 6) is -0.143. The van der Waals surface area contributed by atoms with Crippen LogP contribution < -0.4 is 5.56 Å². The quantitative estimate of drug-likeness (QED) is 0.260. The molecule has 4 aromatic rings. The van der Waals surface area contributed by atoms with Gasteiger partial charge in [0.1, 0.15) is 11.9 Å². The number of nitrogens with one attached hydrogen (secondary N) is 1. The topological polar surface area (TPSA) is 140 Å². The van der Waals surface area contributed by atoms with Crippen molar-refractivity contribution >= 4 is 27.2 Å². The minimum atomic E-state index is -3.95. The van der Waals surface area contributed by atoms with Crippen LogP contribution in [0.3, 0.4) is 0 Å². The average molecular weight is 593 g/mol. The number of benzene rings is 2. The van der Waals surface area contributed by atoms with E-state index in [1.165, 1.54) is 15.9 Å². The van der Waals surface area contributed by atoms with Crippen LogP contribution in [0.25, 0.3) is 11.2 Å². The minimum absolute atomic E-state index is 0.0220. The lowest BCUT2D eigenvalue weighted by atomic mass is 10.1. The molecule has 0 amide bonds. The number of fused-ring (bicyclic) bond motifs is 1. The van der Waals surface area contributed by atoms with Crippen molar-refractivity contribution < 1.29 is 17.9 Å². The summed E-state index contributed by atoms with van der Waals surface area (Å²) in [6, 6.07) is 15.9. The lowest BCUT2D eigenvalue weighted by molar-refractivity contribution is -0.148. The zero-order valence-electron chi connectivity index (χ0n) is 23.9. The van der Waals surface area contributed by atoms with Crippen molar-refractivity contribution in [3.05, 3.63) is 81.9 Å². The molecule has 2 atom stereocenters. The number of hydrogen-bond donors (Lipinski definition) is 1. The number of esters is 1. The summed E-state index contributed by atoms with van der Waals surface area (Å²) in [4.78, 5) is 32.9. The summed E-state index contributed by atoms with van der Waals surface area (Å²) in [5, 5.41) is 8.29. The number of H-pyrrole nitrogens is 1. The van der Waals surface area contributed by atoms with Gasteiger partial charge in [0.2, 0.25) is 10.0 Å². The van der Waals surface area contributed by atoms with Gasteiger partial charge in [0, 0.05) is 13.0 Å². The van der Waals surface area contributed by atoms with Crippen molar-refractivity contribution in [2.75, 3.05) is 13.2 Å². The van der Waals surface area contributed by atoms with E-state index >= 15 is 0 Å². The number of piperidine rings is 1. The second-order valence-corrected chi connectivity index (χ2v) is 12.5. The van der Waals surface area contributed by atoms with Crippen molar-refractivity contribution in [2.45, 2.75) is 75.8 Å². The molecule has 0 radical (unpaired) electrons. The van der Waals surface area contributed by atoms with Crippen molar-refractivity contribution in [2.24, 2.45) is 0 Å². The fourth-order valence-electron chi connectivity index (χ4n) is 5.45. The first-order valence-corrected chi connectivity index (χ1v) is 15.9. The SMILES string of the molecule is CCOC(=O)C1CCCCN1S(=O)(=O)c1cccc(Cc2nc3c(nnn3C(C)CCCc3ccccc3)c(=O)[nH]2)c1. The Morgan fingerprint density at radius 2 is 1.90 bits per heavy atom. The first-order valence-electron chi connectivity index (χ1n) is 14.4. The Balaban J connectivity index is 1.35. The number of ether oxygens (including phenoxy) is 1. The minimum Gasteiger partial charge on any atom is -0.465 e. The van der Waals surface area contributed by atoms with Crippen LogP contribution in [0.5, 0.6) is 0 Å². The summed E-state index contributed by atoms with van der Waals surface area (Å²) in [6.45, 7) is 4.17. The van der Waals surface area contributed by atoms with Crippen LogP contribution >= 0.6 is 0 Å². The highest BCUT2D eigenvalue weighted by Gasteiger charge is 2.38. The predicted molar refractivity (Wildman–Crippen MR) is 157 cm³/mol. The highest BCUT2D eigenvalue weighted by molar-refractivity contribution is 7.89. The Labute approximate surface area is 245 Å². The molecule has 1 saturated heterocycles. The maximum atomic E-state index is 13.6. The smallest absolute Gasteiger partial charge is 0.324 e. The van der Waals surface area contributed by atoms with Gasteiger partial charge in [0.05, 0.1) is 17.5 Å². The maximum Gasteiger partial charge on any atom is 0.324 e. The van der Waals surface area contributed by atoms with Crippen molar-refractivity contribution in [1.29, 1.82) is 0 Å². The summed E-state index contributed by atoms with van der Waals surface area (Å²) < 4.78 is 35.3. The van der Waals surface area contributed by atoms with E-state index in [1.807, 2.05) is 25.1 Å². The summed E-state index contributed by atoms with van der Waals surface area (Å²) in [7, 11) is -3.95. The van der Waals surface area contributed by atoms with Gasteiger partial charge in [-0.2, -0.15) is 4.31 Å². The molecule has 11 nitrogen and oxygen atoms in total. The van der Waals surface area contributed by atoms with Crippen LogP contribution in [0.2, 0.25) is 0 Å². The van der Waals surface area contributed by atoms with Crippen LogP contribution in [0.15, 0.2) is 64.3 Å². The fourth-order valence-corrected chi connectivity index (χ4v) is 7.16. The molecule has 2 aromatic heterocycles. The molecule has 0 bridgehead atoms. The second kappa shape index (κ2) is 13.0. The number of sulfonamides is 1. The van der Waals surface area contributed by atoms with E-state index < -0.39 is 27.6 Å². The van der Waals surface area contributed by atoms with E-state index in [0.717, 1.165) is 25.7 Å². The van der Waals surface area contributed by atoms with Gasteiger partial charge in [-0.15, -0.1) is 5.10 Å². The Hall–Kier alpha value is -3.90. The number of carbonyl (C=O) groups is 1. The maximum absolute atomic E-state index is 13.6. The number of nitrogens with zero attached hydrogens (tertiary/aromatic N) is 5. The molecule has 0 spiro atoms. The molecule has 0 saturated carbocycles. The van der Waals surface area contributed by atoms with Crippen molar-refractivity contribution in [3.8, 4) is 0 Å². The second-order valence-electron chi connectivity index (χ2n) is 10.6. The standard InChI is InChI=1S/C30H36N6O5S/c1-3-41-30(38)25-17-7-8-18-35(25)42(39,40)24-16-10-15-23(19-24)20-26-31-28-27(29(37)32-26)33-34-36(28)21(2)11-9-14-22-12-5-4-6-13-22/h4-6,10,12-13,15-16,19,21,25H,3,7-9,11,14,17-18,20H2,1-2H3,(H,31,32,37). The number of hydrogen-bond acceptors (Lipinski definition) is 8. The third kappa shape index (κ3) is 6.44. The highest BCUT2D eigenvalue weighted by Crippen LogP contribution is 2.27. The van der Waals surface area contributed by atoms with Gasteiger partial charge in [0.25, 0.3) is 5.56 Å². The molecular formula is C30H36N6O5S. The normalized spacial score (nSPS) is 16.9. The van der Waals surface area contributed by atoms with E-state index in [-0.39, 0.29) is 36.0 Å². The van der Waals surface area contributed by atoms with Crippen LogP contribution in [-0.4, -0.2) is 62.8 Å². The molecule has 1 aliphatic rings. The molecule has 2 unspecified atom stereocenters. The molecule has 2 aromatic carbocycles. The van der Waals surface area contributed by atoms with Crippen LogP contribution in [0.1, 0.15) is 68.9 Å². The van der Waals surface area contributed by atoms with E-state index in [4.69, 9.17) is 4.74 Å². The summed E-state index contributed by atoms with van der Waals surface area (Å²) >= 11 is 0. The first-order chi connectivity index (χ1) is 20.3. The Bertz CT molecular complexity index is 1700. The van der Waals surface area contributed by atoms with Gasteiger partial charge < -0.3 is 9.72 Å². The lowest BCUT2D eigenvalue weighted by Gasteiger charge is -2.33. The average Bonchev–Trinajstić information content (AvgIpc) is 3.43. The molecule has 1 aliphatic heterocycles. The van der Waals surface area contributed by atoms with Gasteiger partial charge in [-0.25, -0.2) is 18.1 Å². The van der Waals surface area contributed by atoms with Gasteiger partial charge in [0.15, 0.2) is 11.2 Å². The van der Waals surface area contributed by atoms with E-state index in [1.54, 1.807) is 29.8 Å². The van der Waals surface area contributed by atoms with Crippen LogP contribution in [0.4, 0.5) is 0 Å². The number of aromatic nitrogens is 5. The largest absolute Gasteiger partial charge is 0.465 e. The fraction of sp³-hybridized carbons (Fsp3) is 0.433. The lowest BCUT2D eigenvalue weighted by Crippen LogP contribution is -2.48. The van der Waals surface area contributed by atoms with Crippen LogP contribution in [-0.2, 0) is 32.4 Å². The van der Waals surface area contributed by atoms with Crippen molar-refractivity contribution in [1.82, 2.24) is 29.3 Å². The number of aryl methyl sites for hydroxylation is 1. The molecule has 1 N–H and O–H groups in total. The Kier molecular flexibility index (Phi) is 9.12.